The van der Waals surface area contributed by atoms with E-state index < -0.39 is 0 Å². The van der Waals surface area contributed by atoms with Crippen LogP contribution in [0.15, 0.2) is 59.6 Å². The molecule has 0 aliphatic carbocycles. The van der Waals surface area contributed by atoms with Gasteiger partial charge in [0, 0.05) is 27.9 Å². The van der Waals surface area contributed by atoms with Crippen LogP contribution in [0.25, 0.3) is 10.9 Å². The van der Waals surface area contributed by atoms with E-state index in [2.05, 4.69) is 48.3 Å². The molecular weight excluding hydrogens is 264 g/mol. The molecule has 2 aromatic carbocycles. The summed E-state index contributed by atoms with van der Waals surface area (Å²) in [4.78, 5) is 5.63. The average Bonchev–Trinajstić information content (AvgIpc) is 2.44. The standard InChI is InChI=1S/C17H16N2S/c1-12-3-2-4-13(9-12)11-20-17-7-8-19-16-10-14(18)5-6-15(16)17/h2-10H,11,18H2,1H3. The highest BCUT2D eigenvalue weighted by Gasteiger charge is 2.03. The summed E-state index contributed by atoms with van der Waals surface area (Å²) in [5.74, 6) is 0.963. The van der Waals surface area contributed by atoms with Gasteiger partial charge in [-0.15, -0.1) is 11.8 Å². The molecule has 3 rings (SSSR count). The van der Waals surface area contributed by atoms with Gasteiger partial charge < -0.3 is 5.73 Å². The number of hydrogen-bond acceptors (Lipinski definition) is 3. The van der Waals surface area contributed by atoms with Crippen LogP contribution in [0.4, 0.5) is 5.69 Å². The zero-order valence-corrected chi connectivity index (χ0v) is 12.2. The Morgan fingerprint density at radius 2 is 2.00 bits per heavy atom. The fraction of sp³-hybridized carbons (Fsp3) is 0.118. The van der Waals surface area contributed by atoms with Crippen molar-refractivity contribution in [3.8, 4) is 0 Å². The highest BCUT2D eigenvalue weighted by atomic mass is 32.2. The first-order valence-electron chi connectivity index (χ1n) is 6.55. The van der Waals surface area contributed by atoms with E-state index in [0.29, 0.717) is 0 Å². The van der Waals surface area contributed by atoms with E-state index in [-0.39, 0.29) is 0 Å². The Morgan fingerprint density at radius 1 is 1.10 bits per heavy atom. The van der Waals surface area contributed by atoms with Crippen LogP contribution in [0.1, 0.15) is 11.1 Å². The van der Waals surface area contributed by atoms with Crippen LogP contribution >= 0.6 is 11.8 Å². The molecule has 0 radical (unpaired) electrons. The van der Waals surface area contributed by atoms with E-state index in [1.165, 1.54) is 21.4 Å². The van der Waals surface area contributed by atoms with Gasteiger partial charge in [0.25, 0.3) is 0 Å². The molecule has 1 aromatic heterocycles. The van der Waals surface area contributed by atoms with E-state index >= 15 is 0 Å². The zero-order valence-electron chi connectivity index (χ0n) is 11.3. The van der Waals surface area contributed by atoms with E-state index in [1.807, 2.05) is 30.1 Å². The molecule has 0 aliphatic rings. The lowest BCUT2D eigenvalue weighted by molar-refractivity contribution is 1.33. The molecule has 0 bridgehead atoms. The van der Waals surface area contributed by atoms with Crippen LogP contribution < -0.4 is 5.73 Å². The summed E-state index contributed by atoms with van der Waals surface area (Å²) in [6.45, 7) is 2.12. The molecule has 0 aliphatic heterocycles. The maximum atomic E-state index is 5.81. The van der Waals surface area contributed by atoms with Gasteiger partial charge in [0.15, 0.2) is 0 Å². The second-order valence-electron chi connectivity index (χ2n) is 4.86. The minimum absolute atomic E-state index is 0.755. The van der Waals surface area contributed by atoms with Crippen molar-refractivity contribution >= 4 is 28.4 Å². The largest absolute Gasteiger partial charge is 0.399 e. The SMILES string of the molecule is Cc1cccc(CSc2ccnc3cc(N)ccc23)c1. The minimum Gasteiger partial charge on any atom is -0.399 e. The number of benzene rings is 2. The normalized spacial score (nSPS) is 10.8. The first-order chi connectivity index (χ1) is 9.72. The summed E-state index contributed by atoms with van der Waals surface area (Å²) in [6, 6.07) is 16.6. The van der Waals surface area contributed by atoms with Crippen molar-refractivity contribution in [3.05, 3.63) is 65.9 Å². The van der Waals surface area contributed by atoms with Crippen LogP contribution in [0, 0.1) is 6.92 Å². The smallest absolute Gasteiger partial charge is 0.0733 e. The number of hydrogen-bond donors (Lipinski definition) is 1. The highest BCUT2D eigenvalue weighted by molar-refractivity contribution is 7.98. The maximum absolute atomic E-state index is 5.81. The third-order valence-electron chi connectivity index (χ3n) is 3.20. The number of thioether (sulfide) groups is 1. The number of pyridine rings is 1. The highest BCUT2D eigenvalue weighted by Crippen LogP contribution is 2.30. The number of aryl methyl sites for hydroxylation is 1. The fourth-order valence-electron chi connectivity index (χ4n) is 2.23. The summed E-state index contributed by atoms with van der Waals surface area (Å²) in [6.07, 6.45) is 1.85. The van der Waals surface area contributed by atoms with E-state index in [1.54, 1.807) is 0 Å². The summed E-state index contributed by atoms with van der Waals surface area (Å²) in [7, 11) is 0. The van der Waals surface area contributed by atoms with Crippen LogP contribution in [-0.2, 0) is 5.75 Å². The molecule has 2 N–H and O–H groups in total. The Hall–Kier alpha value is -2.00. The molecule has 0 fully saturated rings. The number of anilines is 1. The Balaban J connectivity index is 1.87. The van der Waals surface area contributed by atoms with Gasteiger partial charge in [-0.05, 0) is 36.8 Å². The van der Waals surface area contributed by atoms with Crippen molar-refractivity contribution in [2.24, 2.45) is 0 Å². The van der Waals surface area contributed by atoms with Crippen LogP contribution in [0.5, 0.6) is 0 Å². The van der Waals surface area contributed by atoms with Crippen molar-refractivity contribution in [3.63, 3.8) is 0 Å². The van der Waals surface area contributed by atoms with Gasteiger partial charge in [-0.3, -0.25) is 4.98 Å². The number of nitrogens with two attached hydrogens (primary N) is 1. The molecule has 0 unspecified atom stereocenters. The second kappa shape index (κ2) is 5.55. The molecule has 0 saturated carbocycles. The predicted octanol–water partition coefficient (Wildman–Crippen LogP) is 4.42. The first-order valence-corrected chi connectivity index (χ1v) is 7.53. The van der Waals surface area contributed by atoms with Crippen LogP contribution in [-0.4, -0.2) is 4.98 Å². The van der Waals surface area contributed by atoms with Gasteiger partial charge >= 0.3 is 0 Å². The lowest BCUT2D eigenvalue weighted by atomic mass is 10.2. The molecule has 0 spiro atoms. The number of nitrogens with zero attached hydrogens (tertiary/aromatic N) is 1. The fourth-order valence-corrected chi connectivity index (χ4v) is 3.21. The topological polar surface area (TPSA) is 38.9 Å². The first kappa shape index (κ1) is 13.0. The van der Waals surface area contributed by atoms with Crippen molar-refractivity contribution < 1.29 is 0 Å². The van der Waals surface area contributed by atoms with E-state index in [0.717, 1.165) is 17.0 Å². The summed E-state index contributed by atoms with van der Waals surface area (Å²) >= 11 is 1.84. The van der Waals surface area contributed by atoms with Crippen molar-refractivity contribution in [1.29, 1.82) is 0 Å². The van der Waals surface area contributed by atoms with Gasteiger partial charge in [0.2, 0.25) is 0 Å². The molecule has 100 valence electrons. The van der Waals surface area contributed by atoms with E-state index in [9.17, 15) is 0 Å². The summed E-state index contributed by atoms with van der Waals surface area (Å²) in [5, 5.41) is 1.17. The molecule has 3 heteroatoms. The molecule has 20 heavy (non-hydrogen) atoms. The number of fused-ring (bicyclic) bond motifs is 1. The molecular formula is C17H16N2S. The zero-order chi connectivity index (χ0) is 13.9. The second-order valence-corrected chi connectivity index (χ2v) is 5.88. The number of rotatable bonds is 3. The number of aromatic nitrogens is 1. The van der Waals surface area contributed by atoms with Gasteiger partial charge in [0.1, 0.15) is 0 Å². The Morgan fingerprint density at radius 3 is 2.85 bits per heavy atom. The molecule has 0 amide bonds. The summed E-state index contributed by atoms with van der Waals surface area (Å²) < 4.78 is 0. The number of nitrogen functional groups attached to an aromatic ring is 1. The van der Waals surface area contributed by atoms with Gasteiger partial charge in [-0.25, -0.2) is 0 Å². The van der Waals surface area contributed by atoms with Gasteiger partial charge in [-0.2, -0.15) is 0 Å². The van der Waals surface area contributed by atoms with Crippen molar-refractivity contribution in [2.75, 3.05) is 5.73 Å². The Labute approximate surface area is 123 Å². The van der Waals surface area contributed by atoms with E-state index in [4.69, 9.17) is 5.73 Å². The maximum Gasteiger partial charge on any atom is 0.0733 e. The quantitative estimate of drug-likeness (QED) is 0.570. The average molecular weight is 280 g/mol. The minimum atomic E-state index is 0.755. The van der Waals surface area contributed by atoms with Crippen LogP contribution in [0.2, 0.25) is 0 Å². The molecule has 0 saturated heterocycles. The van der Waals surface area contributed by atoms with Crippen molar-refractivity contribution in [1.82, 2.24) is 4.98 Å². The van der Waals surface area contributed by atoms with Gasteiger partial charge in [-0.1, -0.05) is 29.8 Å². The lowest BCUT2D eigenvalue weighted by Gasteiger charge is -2.07. The third-order valence-corrected chi connectivity index (χ3v) is 4.35. The molecule has 2 nitrogen and oxygen atoms in total. The molecule has 3 aromatic rings. The van der Waals surface area contributed by atoms with Crippen LogP contribution in [0.3, 0.4) is 0 Å². The monoisotopic (exact) mass is 280 g/mol. The molecule has 1 heterocycles. The van der Waals surface area contributed by atoms with Crippen molar-refractivity contribution in [2.45, 2.75) is 17.6 Å². The third kappa shape index (κ3) is 2.78. The Kier molecular flexibility index (Phi) is 3.61. The Bertz CT molecular complexity index is 753. The lowest BCUT2D eigenvalue weighted by Crippen LogP contribution is -1.88. The predicted molar refractivity (Wildman–Crippen MR) is 86.9 cm³/mol. The molecule has 0 atom stereocenters. The summed E-state index contributed by atoms with van der Waals surface area (Å²) in [5.41, 5.74) is 10.2. The van der Waals surface area contributed by atoms with Gasteiger partial charge in [0.05, 0.1) is 5.52 Å².